The van der Waals surface area contributed by atoms with Gasteiger partial charge in [-0.25, -0.2) is 9.48 Å². The zero-order chi connectivity index (χ0) is 12.4. The summed E-state index contributed by atoms with van der Waals surface area (Å²) >= 11 is 0. The molecule has 6 heteroatoms. The fourth-order valence-corrected chi connectivity index (χ4v) is 1.95. The van der Waals surface area contributed by atoms with Gasteiger partial charge in [-0.05, 0) is 19.8 Å². The first kappa shape index (κ1) is 11.6. The van der Waals surface area contributed by atoms with Crippen molar-refractivity contribution in [2.45, 2.75) is 25.8 Å². The Kier molecular flexibility index (Phi) is 3.12. The van der Waals surface area contributed by atoms with E-state index < -0.39 is 12.0 Å². The van der Waals surface area contributed by atoms with Crippen LogP contribution in [0.4, 0.5) is 5.69 Å². The van der Waals surface area contributed by atoms with E-state index >= 15 is 0 Å². The van der Waals surface area contributed by atoms with Gasteiger partial charge in [0.1, 0.15) is 0 Å². The molecule has 6 nitrogen and oxygen atoms in total. The van der Waals surface area contributed by atoms with Crippen molar-refractivity contribution >= 4 is 11.7 Å². The molecule has 1 aromatic heterocycles. The normalized spacial score (nSPS) is 17.1. The van der Waals surface area contributed by atoms with Crippen molar-refractivity contribution in [3.63, 3.8) is 0 Å². The number of aliphatic carboxylic acids is 1. The third kappa shape index (κ3) is 2.30. The minimum Gasteiger partial charge on any atom is -0.480 e. The zero-order valence-corrected chi connectivity index (χ0v) is 9.67. The Labute approximate surface area is 98.5 Å². The van der Waals surface area contributed by atoms with Gasteiger partial charge < -0.3 is 10.0 Å². The standard InChI is InChI=1S/C11H15N3O3/c1-8(11(16)17)14-10(15)6-9(7-12-14)13-4-2-3-5-13/h6-8H,2-5H2,1H3,(H,16,17). The average Bonchev–Trinajstić information content (AvgIpc) is 2.81. The molecule has 0 spiro atoms. The molecule has 2 rings (SSSR count). The minimum absolute atomic E-state index is 0.371. The van der Waals surface area contributed by atoms with Crippen molar-refractivity contribution in [2.75, 3.05) is 18.0 Å². The van der Waals surface area contributed by atoms with E-state index in [4.69, 9.17) is 5.11 Å². The summed E-state index contributed by atoms with van der Waals surface area (Å²) in [5, 5.41) is 12.8. The van der Waals surface area contributed by atoms with Crippen molar-refractivity contribution in [3.8, 4) is 0 Å². The van der Waals surface area contributed by atoms with E-state index in [1.165, 1.54) is 13.0 Å². The number of carboxylic acid groups (broad SMARTS) is 1. The molecule has 0 bridgehead atoms. The average molecular weight is 237 g/mol. The molecule has 1 unspecified atom stereocenters. The Morgan fingerprint density at radius 1 is 1.47 bits per heavy atom. The van der Waals surface area contributed by atoms with Crippen LogP contribution in [0.1, 0.15) is 25.8 Å². The number of anilines is 1. The number of aromatic nitrogens is 2. The number of hydrogen-bond acceptors (Lipinski definition) is 4. The van der Waals surface area contributed by atoms with Gasteiger partial charge in [0.25, 0.3) is 5.56 Å². The number of rotatable bonds is 3. The number of hydrogen-bond donors (Lipinski definition) is 1. The monoisotopic (exact) mass is 237 g/mol. The smallest absolute Gasteiger partial charge is 0.328 e. The number of carboxylic acids is 1. The van der Waals surface area contributed by atoms with Crippen molar-refractivity contribution in [2.24, 2.45) is 0 Å². The molecule has 1 N–H and O–H groups in total. The topological polar surface area (TPSA) is 75.4 Å². The predicted molar refractivity (Wildman–Crippen MR) is 62.3 cm³/mol. The van der Waals surface area contributed by atoms with E-state index in [0.717, 1.165) is 36.3 Å². The SMILES string of the molecule is CC(C(=O)O)n1ncc(N2CCCC2)cc1=O. The second kappa shape index (κ2) is 4.57. The van der Waals surface area contributed by atoms with Gasteiger partial charge in [0.15, 0.2) is 6.04 Å². The van der Waals surface area contributed by atoms with Crippen LogP contribution in [0.25, 0.3) is 0 Å². The molecule has 0 aromatic carbocycles. The maximum atomic E-state index is 11.8. The molecule has 1 aliphatic heterocycles. The van der Waals surface area contributed by atoms with E-state index in [1.54, 1.807) is 6.20 Å². The summed E-state index contributed by atoms with van der Waals surface area (Å²) in [6.07, 6.45) is 3.80. The van der Waals surface area contributed by atoms with E-state index in [-0.39, 0.29) is 5.56 Å². The van der Waals surface area contributed by atoms with Crippen LogP contribution < -0.4 is 10.5 Å². The lowest BCUT2D eigenvalue weighted by Crippen LogP contribution is -2.31. The Bertz CT molecular complexity index is 477. The van der Waals surface area contributed by atoms with E-state index in [0.29, 0.717) is 0 Å². The molecule has 2 heterocycles. The molecule has 1 saturated heterocycles. The van der Waals surface area contributed by atoms with Gasteiger partial charge in [0.05, 0.1) is 11.9 Å². The minimum atomic E-state index is -1.06. The van der Waals surface area contributed by atoms with Crippen LogP contribution in [0.3, 0.4) is 0 Å². The van der Waals surface area contributed by atoms with Gasteiger partial charge in [0, 0.05) is 19.2 Å². The maximum absolute atomic E-state index is 11.8. The van der Waals surface area contributed by atoms with E-state index in [9.17, 15) is 9.59 Å². The van der Waals surface area contributed by atoms with Crippen LogP contribution in [0, 0.1) is 0 Å². The van der Waals surface area contributed by atoms with Crippen LogP contribution in [-0.4, -0.2) is 33.9 Å². The third-order valence-corrected chi connectivity index (χ3v) is 3.01. The van der Waals surface area contributed by atoms with Gasteiger partial charge in [-0.15, -0.1) is 0 Å². The molecule has 1 atom stereocenters. The fourth-order valence-electron chi connectivity index (χ4n) is 1.95. The lowest BCUT2D eigenvalue weighted by molar-refractivity contribution is -0.140. The van der Waals surface area contributed by atoms with Gasteiger partial charge in [-0.2, -0.15) is 5.10 Å². The van der Waals surface area contributed by atoms with Gasteiger partial charge in [-0.1, -0.05) is 0 Å². The second-order valence-corrected chi connectivity index (χ2v) is 4.20. The molecular weight excluding hydrogens is 222 g/mol. The summed E-state index contributed by atoms with van der Waals surface area (Å²) in [6, 6.07) is 0.521. The van der Waals surface area contributed by atoms with Crippen LogP contribution in [0.2, 0.25) is 0 Å². The molecule has 1 aliphatic rings. The quantitative estimate of drug-likeness (QED) is 0.828. The zero-order valence-electron chi connectivity index (χ0n) is 9.67. The highest BCUT2D eigenvalue weighted by Crippen LogP contribution is 2.17. The first-order valence-corrected chi connectivity index (χ1v) is 5.66. The van der Waals surface area contributed by atoms with Crippen molar-refractivity contribution in [1.29, 1.82) is 0 Å². The Hall–Kier alpha value is -1.85. The van der Waals surface area contributed by atoms with Gasteiger partial charge in [-0.3, -0.25) is 4.79 Å². The largest absolute Gasteiger partial charge is 0.480 e. The Morgan fingerprint density at radius 2 is 2.12 bits per heavy atom. The molecule has 0 aliphatic carbocycles. The lowest BCUT2D eigenvalue weighted by Gasteiger charge is -2.17. The third-order valence-electron chi connectivity index (χ3n) is 3.01. The van der Waals surface area contributed by atoms with Gasteiger partial charge in [0.2, 0.25) is 0 Å². The lowest BCUT2D eigenvalue weighted by atomic mass is 10.3. The number of nitrogens with zero attached hydrogens (tertiary/aromatic N) is 3. The van der Waals surface area contributed by atoms with Crippen LogP contribution in [0.15, 0.2) is 17.1 Å². The summed E-state index contributed by atoms with van der Waals surface area (Å²) in [5.74, 6) is -1.06. The summed E-state index contributed by atoms with van der Waals surface area (Å²) in [5.41, 5.74) is 0.408. The highest BCUT2D eigenvalue weighted by molar-refractivity contribution is 5.71. The summed E-state index contributed by atoms with van der Waals surface area (Å²) in [4.78, 5) is 24.6. The van der Waals surface area contributed by atoms with Crippen LogP contribution in [0.5, 0.6) is 0 Å². The molecular formula is C11H15N3O3. The molecule has 17 heavy (non-hydrogen) atoms. The molecule has 0 radical (unpaired) electrons. The van der Waals surface area contributed by atoms with Gasteiger partial charge >= 0.3 is 5.97 Å². The summed E-state index contributed by atoms with van der Waals surface area (Å²) < 4.78 is 0.988. The van der Waals surface area contributed by atoms with Crippen molar-refractivity contribution < 1.29 is 9.90 Å². The van der Waals surface area contributed by atoms with Crippen LogP contribution >= 0.6 is 0 Å². The fraction of sp³-hybridized carbons (Fsp3) is 0.545. The first-order chi connectivity index (χ1) is 8.09. The Morgan fingerprint density at radius 3 is 2.65 bits per heavy atom. The molecule has 0 saturated carbocycles. The molecule has 0 amide bonds. The Balaban J connectivity index is 2.28. The second-order valence-electron chi connectivity index (χ2n) is 4.20. The predicted octanol–water partition coefficient (Wildman–Crippen LogP) is 0.489. The summed E-state index contributed by atoms with van der Waals surface area (Å²) in [6.45, 7) is 3.30. The van der Waals surface area contributed by atoms with Crippen LogP contribution in [-0.2, 0) is 4.79 Å². The molecule has 92 valence electrons. The summed E-state index contributed by atoms with van der Waals surface area (Å²) in [7, 11) is 0. The highest BCUT2D eigenvalue weighted by atomic mass is 16.4. The van der Waals surface area contributed by atoms with Crippen molar-refractivity contribution in [1.82, 2.24) is 9.78 Å². The van der Waals surface area contributed by atoms with Crippen molar-refractivity contribution in [3.05, 3.63) is 22.6 Å². The highest BCUT2D eigenvalue weighted by Gasteiger charge is 2.18. The molecule has 1 fully saturated rings. The maximum Gasteiger partial charge on any atom is 0.328 e. The molecule has 1 aromatic rings. The number of carbonyl (C=O) groups is 1. The van der Waals surface area contributed by atoms with E-state index in [2.05, 4.69) is 10.00 Å². The van der Waals surface area contributed by atoms with E-state index in [1.807, 2.05) is 0 Å². The first-order valence-electron chi connectivity index (χ1n) is 5.66.